The van der Waals surface area contributed by atoms with Crippen molar-refractivity contribution in [1.82, 2.24) is 4.90 Å². The first-order valence-corrected chi connectivity index (χ1v) is 11.2. The molecule has 0 bridgehead atoms. The highest BCUT2D eigenvalue weighted by Crippen LogP contribution is 2.71. The molecular formula is C21H26N2O3S. The lowest BCUT2D eigenvalue weighted by atomic mass is 9.83. The molecule has 1 aromatic rings. The zero-order valence-corrected chi connectivity index (χ0v) is 16.4. The molecule has 27 heavy (non-hydrogen) atoms. The van der Waals surface area contributed by atoms with Crippen LogP contribution in [0.5, 0.6) is 5.75 Å². The Balaban J connectivity index is 1.25. The number of hydrogen-bond donors (Lipinski definition) is 1. The second-order valence-corrected chi connectivity index (χ2v) is 9.49. The molecule has 2 aliphatic carbocycles. The molecule has 0 radical (unpaired) electrons. The van der Waals surface area contributed by atoms with Crippen molar-refractivity contribution in [3.63, 3.8) is 0 Å². The summed E-state index contributed by atoms with van der Waals surface area (Å²) in [5.41, 5.74) is -0.122. The second-order valence-electron chi connectivity index (χ2n) is 8.42. The van der Waals surface area contributed by atoms with E-state index in [1.807, 2.05) is 40.9 Å². The fourth-order valence-electron chi connectivity index (χ4n) is 4.64. The fraction of sp³-hybridized carbons (Fsp3) is 0.619. The first-order valence-electron chi connectivity index (χ1n) is 10.1. The summed E-state index contributed by atoms with van der Waals surface area (Å²) in [6.45, 7) is 1.72. The Morgan fingerprint density at radius 3 is 2.15 bits per heavy atom. The zero-order chi connectivity index (χ0) is 18.5. The van der Waals surface area contributed by atoms with Crippen LogP contribution in [0.4, 0.5) is 5.69 Å². The summed E-state index contributed by atoms with van der Waals surface area (Å²) >= 11 is 1.89. The molecule has 4 fully saturated rings. The van der Waals surface area contributed by atoms with Gasteiger partial charge < -0.3 is 15.0 Å². The lowest BCUT2D eigenvalue weighted by Crippen LogP contribution is -2.44. The predicted octanol–water partition coefficient (Wildman–Crippen LogP) is 3.30. The minimum Gasteiger partial charge on any atom is -0.489 e. The van der Waals surface area contributed by atoms with E-state index >= 15 is 0 Å². The number of ether oxygens (including phenoxy) is 1. The van der Waals surface area contributed by atoms with E-state index in [9.17, 15) is 9.59 Å². The lowest BCUT2D eigenvalue weighted by molar-refractivity contribution is -0.143. The third-order valence-corrected chi connectivity index (χ3v) is 7.89. The molecular weight excluding hydrogens is 360 g/mol. The Hall–Kier alpha value is -1.69. The van der Waals surface area contributed by atoms with Crippen LogP contribution < -0.4 is 10.1 Å². The van der Waals surface area contributed by atoms with Gasteiger partial charge in [0.2, 0.25) is 11.8 Å². The first kappa shape index (κ1) is 17.4. The predicted molar refractivity (Wildman–Crippen MR) is 106 cm³/mol. The van der Waals surface area contributed by atoms with Crippen molar-refractivity contribution in [2.75, 3.05) is 29.9 Å². The molecule has 2 saturated carbocycles. The standard InChI is InChI=1S/C21H26N2O3S/c24-18(22-15-3-5-16(6-4-15)26-17-13-27-14-17)20(7-8-20)21(9-10-21)19(25)23-11-1-2-12-23/h3-6,17H,1-2,7-14H2,(H,22,24). The van der Waals surface area contributed by atoms with Crippen LogP contribution in [0.15, 0.2) is 24.3 Å². The topological polar surface area (TPSA) is 58.6 Å². The van der Waals surface area contributed by atoms with Crippen LogP contribution >= 0.6 is 11.8 Å². The van der Waals surface area contributed by atoms with Crippen LogP contribution in [-0.4, -0.2) is 47.4 Å². The molecule has 0 unspecified atom stereocenters. The highest BCUT2D eigenvalue weighted by atomic mass is 32.2. The minimum absolute atomic E-state index is 0.0246. The van der Waals surface area contributed by atoms with Gasteiger partial charge in [-0.2, -0.15) is 11.8 Å². The number of hydrogen-bond acceptors (Lipinski definition) is 4. The Morgan fingerprint density at radius 2 is 1.63 bits per heavy atom. The quantitative estimate of drug-likeness (QED) is 0.815. The Kier molecular flexibility index (Phi) is 4.15. The van der Waals surface area contributed by atoms with Crippen molar-refractivity contribution >= 4 is 29.3 Å². The van der Waals surface area contributed by atoms with Gasteiger partial charge in [-0.25, -0.2) is 0 Å². The normalized spacial score (nSPS) is 24.8. The maximum absolute atomic E-state index is 13.1. The van der Waals surface area contributed by atoms with E-state index < -0.39 is 10.8 Å². The Morgan fingerprint density at radius 1 is 1.00 bits per heavy atom. The van der Waals surface area contributed by atoms with Crippen LogP contribution in [-0.2, 0) is 9.59 Å². The van der Waals surface area contributed by atoms with Crippen molar-refractivity contribution in [1.29, 1.82) is 0 Å². The third kappa shape index (κ3) is 2.93. The summed E-state index contributed by atoms with van der Waals surface area (Å²) in [7, 11) is 0. The van der Waals surface area contributed by atoms with E-state index in [2.05, 4.69) is 5.32 Å². The highest BCUT2D eigenvalue weighted by molar-refractivity contribution is 8.00. The average Bonchev–Trinajstić information content (AvgIpc) is 3.55. The number of carbonyl (C=O) groups is 2. The van der Waals surface area contributed by atoms with Crippen LogP contribution in [0, 0.1) is 10.8 Å². The largest absolute Gasteiger partial charge is 0.489 e. The number of benzene rings is 1. The number of carbonyl (C=O) groups excluding carboxylic acids is 2. The SMILES string of the molecule is O=C(Nc1ccc(OC2CSC2)cc1)C1(C2(C(=O)N3CCCC3)CC2)CC1. The summed E-state index contributed by atoms with van der Waals surface area (Å²) in [5, 5.41) is 3.08. The van der Waals surface area contributed by atoms with Crippen molar-refractivity contribution in [2.24, 2.45) is 10.8 Å². The second kappa shape index (κ2) is 6.43. The first-order chi connectivity index (χ1) is 13.1. The molecule has 2 aliphatic heterocycles. The Bertz CT molecular complexity index is 745. The van der Waals surface area contributed by atoms with Gasteiger partial charge in [0.25, 0.3) is 0 Å². The van der Waals surface area contributed by atoms with Crippen molar-refractivity contribution < 1.29 is 14.3 Å². The number of anilines is 1. The summed E-state index contributed by atoms with van der Waals surface area (Å²) in [5.74, 6) is 3.20. The van der Waals surface area contributed by atoms with Gasteiger partial charge in [0.15, 0.2) is 0 Å². The Labute approximate surface area is 164 Å². The maximum atomic E-state index is 13.1. The summed E-state index contributed by atoms with van der Waals surface area (Å²) in [6.07, 6.45) is 5.89. The van der Waals surface area contributed by atoms with E-state index in [0.717, 1.165) is 74.6 Å². The van der Waals surface area contributed by atoms with E-state index in [1.54, 1.807) is 0 Å². The minimum atomic E-state index is -0.481. The summed E-state index contributed by atoms with van der Waals surface area (Å²) < 4.78 is 5.86. The van der Waals surface area contributed by atoms with Crippen LogP contribution in [0.25, 0.3) is 0 Å². The van der Waals surface area contributed by atoms with E-state index in [-0.39, 0.29) is 11.8 Å². The smallest absolute Gasteiger partial charge is 0.231 e. The molecule has 1 aromatic carbocycles. The number of rotatable bonds is 6. The molecule has 5 nitrogen and oxygen atoms in total. The average molecular weight is 387 g/mol. The van der Waals surface area contributed by atoms with E-state index in [0.29, 0.717) is 6.10 Å². The van der Waals surface area contributed by atoms with Gasteiger partial charge >= 0.3 is 0 Å². The molecule has 0 aromatic heterocycles. The van der Waals surface area contributed by atoms with E-state index in [4.69, 9.17) is 4.74 Å². The number of amides is 2. The fourth-order valence-corrected chi connectivity index (χ4v) is 5.20. The summed E-state index contributed by atoms with van der Waals surface area (Å²) in [6, 6.07) is 7.63. The van der Waals surface area contributed by atoms with Crippen molar-refractivity contribution in [2.45, 2.75) is 44.6 Å². The third-order valence-electron chi connectivity index (χ3n) is 6.68. The van der Waals surface area contributed by atoms with Gasteiger partial charge in [0, 0.05) is 30.3 Å². The number of likely N-dealkylation sites (tertiary alicyclic amines) is 1. The molecule has 0 spiro atoms. The summed E-state index contributed by atoms with van der Waals surface area (Å²) in [4.78, 5) is 28.2. The molecule has 6 heteroatoms. The number of nitrogens with one attached hydrogen (secondary N) is 1. The lowest BCUT2D eigenvalue weighted by Gasteiger charge is -2.29. The molecule has 4 aliphatic rings. The van der Waals surface area contributed by atoms with Crippen LogP contribution in [0.1, 0.15) is 38.5 Å². The van der Waals surface area contributed by atoms with Gasteiger partial charge in [-0.3, -0.25) is 9.59 Å². The van der Waals surface area contributed by atoms with Crippen LogP contribution in [0.2, 0.25) is 0 Å². The molecule has 2 saturated heterocycles. The van der Waals surface area contributed by atoms with Gasteiger partial charge in [-0.15, -0.1) is 0 Å². The van der Waals surface area contributed by atoms with Gasteiger partial charge in [0.1, 0.15) is 11.9 Å². The molecule has 2 heterocycles. The van der Waals surface area contributed by atoms with Crippen LogP contribution in [0.3, 0.4) is 0 Å². The maximum Gasteiger partial charge on any atom is 0.231 e. The monoisotopic (exact) mass is 386 g/mol. The highest BCUT2D eigenvalue weighted by Gasteiger charge is 2.73. The molecule has 5 rings (SSSR count). The van der Waals surface area contributed by atoms with Gasteiger partial charge in [0.05, 0.1) is 10.8 Å². The number of thioether (sulfide) groups is 1. The molecule has 1 N–H and O–H groups in total. The van der Waals surface area contributed by atoms with Gasteiger partial charge in [-0.1, -0.05) is 0 Å². The van der Waals surface area contributed by atoms with Crippen molar-refractivity contribution in [3.8, 4) is 5.75 Å². The molecule has 0 atom stereocenters. The molecule has 144 valence electrons. The number of nitrogens with zero attached hydrogens (tertiary/aromatic N) is 1. The molecule has 2 amide bonds. The zero-order valence-electron chi connectivity index (χ0n) is 15.5. The van der Waals surface area contributed by atoms with Gasteiger partial charge in [-0.05, 0) is 62.8 Å². The van der Waals surface area contributed by atoms with E-state index in [1.165, 1.54) is 0 Å². The van der Waals surface area contributed by atoms with Crippen molar-refractivity contribution in [3.05, 3.63) is 24.3 Å².